The van der Waals surface area contributed by atoms with E-state index in [9.17, 15) is 19.8 Å². The molecule has 0 fully saturated rings. The number of carbonyl (C=O) groups is 2. The first-order valence-corrected chi connectivity index (χ1v) is 5.83. The number of hydrogen-bond acceptors (Lipinski definition) is 6. The highest BCUT2D eigenvalue weighted by atomic mass is 16.6. The summed E-state index contributed by atoms with van der Waals surface area (Å²) in [6, 6.07) is 5.47. The molecule has 0 aliphatic carbocycles. The first kappa shape index (κ1) is 15.0. The van der Waals surface area contributed by atoms with Gasteiger partial charge in [-0.3, -0.25) is 0 Å². The summed E-state index contributed by atoms with van der Waals surface area (Å²) in [5.41, 5.74) is -2.94. The molecule has 0 bridgehead atoms. The van der Waals surface area contributed by atoms with Gasteiger partial charge in [-0.05, 0) is 19.9 Å². The molecule has 0 atom stereocenters. The number of aliphatic hydroxyl groups is 1. The molecule has 104 valence electrons. The number of phenols is 1. The van der Waals surface area contributed by atoms with Gasteiger partial charge in [-0.15, -0.1) is 0 Å². The average molecular weight is 268 g/mol. The van der Waals surface area contributed by atoms with Crippen LogP contribution in [0.25, 0.3) is 0 Å². The molecule has 0 saturated heterocycles. The van der Waals surface area contributed by atoms with Crippen molar-refractivity contribution in [2.45, 2.75) is 19.4 Å². The van der Waals surface area contributed by atoms with Gasteiger partial charge >= 0.3 is 11.9 Å². The number of aromatic hydroxyl groups is 1. The second kappa shape index (κ2) is 6.19. The minimum absolute atomic E-state index is 0.0197. The summed E-state index contributed by atoms with van der Waals surface area (Å²) in [6.45, 7) is 3.03. The molecule has 1 aromatic carbocycles. The first-order valence-electron chi connectivity index (χ1n) is 5.83. The van der Waals surface area contributed by atoms with Crippen molar-refractivity contribution in [3.8, 4) is 5.75 Å². The highest BCUT2D eigenvalue weighted by molar-refractivity contribution is 6.04. The monoisotopic (exact) mass is 268 g/mol. The number of hydrogen-bond donors (Lipinski definition) is 2. The molecule has 0 unspecified atom stereocenters. The molecule has 0 saturated carbocycles. The van der Waals surface area contributed by atoms with Gasteiger partial charge in [-0.1, -0.05) is 18.2 Å². The Labute approximate surface area is 110 Å². The summed E-state index contributed by atoms with van der Waals surface area (Å²) in [7, 11) is 0. The van der Waals surface area contributed by atoms with Gasteiger partial charge in [0.2, 0.25) is 0 Å². The largest absolute Gasteiger partial charge is 0.508 e. The number of ether oxygens (including phenoxy) is 2. The summed E-state index contributed by atoms with van der Waals surface area (Å²) in [5, 5.41) is 20.1. The Bertz CT molecular complexity index is 450. The Morgan fingerprint density at radius 1 is 1.11 bits per heavy atom. The van der Waals surface area contributed by atoms with E-state index in [4.69, 9.17) is 0 Å². The minimum atomic E-state index is -2.67. The van der Waals surface area contributed by atoms with Crippen molar-refractivity contribution in [2.75, 3.05) is 13.2 Å². The van der Waals surface area contributed by atoms with Gasteiger partial charge < -0.3 is 19.7 Å². The number of benzene rings is 1. The van der Waals surface area contributed by atoms with E-state index in [0.717, 1.165) is 0 Å². The predicted octanol–water partition coefficient (Wildman–Crippen LogP) is 0.706. The van der Waals surface area contributed by atoms with Crippen molar-refractivity contribution in [3.05, 3.63) is 29.8 Å². The molecular weight excluding hydrogens is 252 g/mol. The van der Waals surface area contributed by atoms with Crippen molar-refractivity contribution in [3.63, 3.8) is 0 Å². The quantitative estimate of drug-likeness (QED) is 0.603. The van der Waals surface area contributed by atoms with Crippen LogP contribution in [-0.4, -0.2) is 35.4 Å². The lowest BCUT2D eigenvalue weighted by Crippen LogP contribution is -2.46. The van der Waals surface area contributed by atoms with Crippen molar-refractivity contribution < 1.29 is 29.3 Å². The Hall–Kier alpha value is -2.08. The summed E-state index contributed by atoms with van der Waals surface area (Å²) in [6.07, 6.45) is 0. The van der Waals surface area contributed by atoms with E-state index < -0.39 is 23.3 Å². The lowest BCUT2D eigenvalue weighted by molar-refractivity contribution is -0.185. The topological polar surface area (TPSA) is 93.1 Å². The average Bonchev–Trinajstić information content (AvgIpc) is 2.39. The third-order valence-electron chi connectivity index (χ3n) is 2.44. The number of esters is 2. The maximum atomic E-state index is 11.8. The zero-order valence-corrected chi connectivity index (χ0v) is 10.8. The van der Waals surface area contributed by atoms with Crippen LogP contribution in [-0.2, 0) is 24.7 Å². The number of para-hydroxylation sites is 1. The maximum Gasteiger partial charge on any atom is 0.355 e. The fourth-order valence-corrected chi connectivity index (χ4v) is 1.55. The lowest BCUT2D eigenvalue weighted by Gasteiger charge is -2.24. The molecule has 6 heteroatoms. The number of phenolic OH excluding ortho intramolecular Hbond substituents is 1. The molecular formula is C13H16O6. The number of rotatable bonds is 5. The molecule has 2 N–H and O–H groups in total. The smallest absolute Gasteiger partial charge is 0.355 e. The zero-order valence-electron chi connectivity index (χ0n) is 10.8. The molecule has 0 aromatic heterocycles. The normalized spacial score (nSPS) is 10.9. The molecule has 0 radical (unpaired) electrons. The van der Waals surface area contributed by atoms with Crippen LogP contribution < -0.4 is 0 Å². The zero-order chi connectivity index (χ0) is 14.5. The van der Waals surface area contributed by atoms with Gasteiger partial charge in [0.15, 0.2) is 0 Å². The highest BCUT2D eigenvalue weighted by Crippen LogP contribution is 2.31. The van der Waals surface area contributed by atoms with Crippen molar-refractivity contribution in [1.29, 1.82) is 0 Å². The Morgan fingerprint density at radius 3 is 2.00 bits per heavy atom. The fraction of sp³-hybridized carbons (Fsp3) is 0.385. The van der Waals surface area contributed by atoms with Gasteiger partial charge in [0.05, 0.1) is 13.2 Å². The van der Waals surface area contributed by atoms with E-state index in [0.29, 0.717) is 0 Å². The molecule has 0 spiro atoms. The van der Waals surface area contributed by atoms with Crippen LogP contribution in [0.15, 0.2) is 24.3 Å². The predicted molar refractivity (Wildman–Crippen MR) is 65.3 cm³/mol. The molecule has 19 heavy (non-hydrogen) atoms. The molecule has 0 aliphatic rings. The van der Waals surface area contributed by atoms with Gasteiger partial charge in [-0.25, -0.2) is 9.59 Å². The molecule has 0 amide bonds. The van der Waals surface area contributed by atoms with Crippen LogP contribution in [0, 0.1) is 0 Å². The molecule has 1 aromatic rings. The van der Waals surface area contributed by atoms with Gasteiger partial charge in [-0.2, -0.15) is 0 Å². The van der Waals surface area contributed by atoms with E-state index in [1.807, 2.05) is 0 Å². The van der Waals surface area contributed by atoms with Crippen molar-refractivity contribution in [1.82, 2.24) is 0 Å². The maximum absolute atomic E-state index is 11.8. The standard InChI is InChI=1S/C13H16O6/c1-3-18-11(15)13(17,12(16)19-4-2)9-7-5-6-8-10(9)14/h5-8,14,17H,3-4H2,1-2H3. The van der Waals surface area contributed by atoms with E-state index in [2.05, 4.69) is 9.47 Å². The highest BCUT2D eigenvalue weighted by Gasteiger charge is 2.50. The molecule has 1 rings (SSSR count). The van der Waals surface area contributed by atoms with Crippen LogP contribution in [0.1, 0.15) is 19.4 Å². The van der Waals surface area contributed by atoms with Gasteiger partial charge in [0, 0.05) is 5.56 Å². The van der Waals surface area contributed by atoms with Crippen LogP contribution in [0.4, 0.5) is 0 Å². The van der Waals surface area contributed by atoms with E-state index in [1.54, 1.807) is 0 Å². The Morgan fingerprint density at radius 2 is 1.58 bits per heavy atom. The van der Waals surface area contributed by atoms with E-state index >= 15 is 0 Å². The SMILES string of the molecule is CCOC(=O)C(O)(C(=O)OCC)c1ccccc1O. The Balaban J connectivity index is 3.30. The van der Waals surface area contributed by atoms with E-state index in [1.165, 1.54) is 38.1 Å². The van der Waals surface area contributed by atoms with Gasteiger partial charge in [0.1, 0.15) is 5.75 Å². The summed E-state index contributed by atoms with van der Waals surface area (Å²) in [5.74, 6) is -2.77. The molecule has 0 heterocycles. The Kier molecular flexibility index (Phi) is 4.88. The van der Waals surface area contributed by atoms with Gasteiger partial charge in [0.25, 0.3) is 5.60 Å². The van der Waals surface area contributed by atoms with Crippen LogP contribution in [0.3, 0.4) is 0 Å². The minimum Gasteiger partial charge on any atom is -0.508 e. The molecule has 6 nitrogen and oxygen atoms in total. The van der Waals surface area contributed by atoms with Crippen LogP contribution in [0.2, 0.25) is 0 Å². The van der Waals surface area contributed by atoms with Crippen molar-refractivity contribution in [2.24, 2.45) is 0 Å². The second-order valence-corrected chi connectivity index (χ2v) is 3.67. The van der Waals surface area contributed by atoms with Crippen LogP contribution >= 0.6 is 0 Å². The first-order chi connectivity index (χ1) is 8.98. The van der Waals surface area contributed by atoms with E-state index in [-0.39, 0.29) is 18.8 Å². The third kappa shape index (κ3) is 2.85. The van der Waals surface area contributed by atoms with Crippen LogP contribution in [0.5, 0.6) is 5.75 Å². The molecule has 0 aliphatic heterocycles. The third-order valence-corrected chi connectivity index (χ3v) is 2.44. The summed E-state index contributed by atoms with van der Waals surface area (Å²) >= 11 is 0. The fourth-order valence-electron chi connectivity index (χ4n) is 1.55. The summed E-state index contributed by atoms with van der Waals surface area (Å²) < 4.78 is 9.37. The lowest BCUT2D eigenvalue weighted by atomic mass is 9.93. The number of carbonyl (C=O) groups excluding carboxylic acids is 2. The van der Waals surface area contributed by atoms with Crippen molar-refractivity contribution >= 4 is 11.9 Å². The second-order valence-electron chi connectivity index (χ2n) is 3.67. The summed E-state index contributed by atoms with van der Waals surface area (Å²) in [4.78, 5) is 23.7.